The van der Waals surface area contributed by atoms with Crippen LogP contribution in [0.2, 0.25) is 5.15 Å². The lowest BCUT2D eigenvalue weighted by molar-refractivity contribution is 0.833. The minimum absolute atomic E-state index is 0.552. The summed E-state index contributed by atoms with van der Waals surface area (Å²) in [7, 11) is 0. The second-order valence-electron chi connectivity index (χ2n) is 5.22. The van der Waals surface area contributed by atoms with E-state index in [9.17, 15) is 0 Å². The predicted octanol–water partition coefficient (Wildman–Crippen LogP) is 5.21. The maximum absolute atomic E-state index is 6.27. The summed E-state index contributed by atoms with van der Waals surface area (Å²) in [5.41, 5.74) is 2.96. The molecule has 0 unspecified atom stereocenters. The van der Waals surface area contributed by atoms with Crippen molar-refractivity contribution in [2.24, 2.45) is 0 Å². The van der Waals surface area contributed by atoms with Crippen molar-refractivity contribution in [3.05, 3.63) is 59.0 Å². The Kier molecular flexibility index (Phi) is 3.89. The molecular formula is C18H17ClN2. The van der Waals surface area contributed by atoms with Crippen LogP contribution in [0, 0.1) is 6.92 Å². The van der Waals surface area contributed by atoms with Crippen molar-refractivity contribution in [3.63, 3.8) is 0 Å². The molecule has 0 fully saturated rings. The van der Waals surface area contributed by atoms with E-state index in [2.05, 4.69) is 48.3 Å². The van der Waals surface area contributed by atoms with Crippen LogP contribution in [0.15, 0.2) is 42.5 Å². The largest absolute Gasteiger partial charge is 0.233 e. The highest BCUT2D eigenvalue weighted by Gasteiger charge is 2.11. The van der Waals surface area contributed by atoms with Crippen molar-refractivity contribution in [1.82, 2.24) is 9.97 Å². The van der Waals surface area contributed by atoms with Gasteiger partial charge in [-0.05, 0) is 30.2 Å². The average Bonchev–Trinajstić information content (AvgIpc) is 2.50. The maximum atomic E-state index is 6.27. The number of aromatic nitrogens is 2. The summed E-state index contributed by atoms with van der Waals surface area (Å²) in [6, 6.07) is 14.7. The number of hydrogen-bond donors (Lipinski definition) is 0. The number of halogens is 1. The lowest BCUT2D eigenvalue weighted by Gasteiger charge is -2.10. The topological polar surface area (TPSA) is 25.8 Å². The summed E-state index contributed by atoms with van der Waals surface area (Å²) in [6.07, 6.45) is 1.86. The van der Waals surface area contributed by atoms with Gasteiger partial charge in [0.05, 0.1) is 5.69 Å². The smallest absolute Gasteiger partial charge is 0.136 e. The summed E-state index contributed by atoms with van der Waals surface area (Å²) >= 11 is 6.27. The Hall–Kier alpha value is -1.93. The molecule has 2 aromatic carbocycles. The summed E-state index contributed by atoms with van der Waals surface area (Å²) < 4.78 is 0. The summed E-state index contributed by atoms with van der Waals surface area (Å²) in [4.78, 5) is 9.07. The minimum Gasteiger partial charge on any atom is -0.233 e. The fourth-order valence-corrected chi connectivity index (χ4v) is 2.67. The molecule has 0 aliphatic heterocycles. The third kappa shape index (κ3) is 2.77. The highest BCUT2D eigenvalue weighted by molar-refractivity contribution is 6.30. The van der Waals surface area contributed by atoms with Crippen molar-refractivity contribution in [3.8, 4) is 11.3 Å². The number of fused-ring (bicyclic) bond motifs is 1. The van der Waals surface area contributed by atoms with E-state index >= 15 is 0 Å². The Balaban J connectivity index is 2.16. The summed E-state index contributed by atoms with van der Waals surface area (Å²) in [6.45, 7) is 4.09. The van der Waals surface area contributed by atoms with Gasteiger partial charge in [-0.25, -0.2) is 9.97 Å². The van der Waals surface area contributed by atoms with Crippen molar-refractivity contribution in [2.45, 2.75) is 26.7 Å². The molecule has 3 rings (SSSR count). The minimum atomic E-state index is 0.552. The van der Waals surface area contributed by atoms with Crippen molar-refractivity contribution >= 4 is 22.4 Å². The molecule has 0 amide bonds. The molecule has 0 saturated heterocycles. The molecule has 0 spiro atoms. The van der Waals surface area contributed by atoms with E-state index in [1.165, 1.54) is 10.8 Å². The number of hydrogen-bond acceptors (Lipinski definition) is 2. The molecule has 1 aromatic heterocycles. The van der Waals surface area contributed by atoms with Crippen LogP contribution < -0.4 is 0 Å². The molecule has 0 bridgehead atoms. The van der Waals surface area contributed by atoms with Gasteiger partial charge in [-0.1, -0.05) is 54.9 Å². The van der Waals surface area contributed by atoms with E-state index in [0.717, 1.165) is 35.5 Å². The van der Waals surface area contributed by atoms with Gasteiger partial charge < -0.3 is 0 Å². The number of nitrogens with zero attached hydrogens (tertiary/aromatic N) is 2. The molecule has 0 radical (unpaired) electrons. The molecule has 3 heteroatoms. The number of aryl methyl sites for hydroxylation is 1. The van der Waals surface area contributed by atoms with Gasteiger partial charge in [-0.2, -0.15) is 0 Å². The quantitative estimate of drug-likeness (QED) is 0.620. The summed E-state index contributed by atoms with van der Waals surface area (Å²) in [5, 5.41) is 2.99. The van der Waals surface area contributed by atoms with Crippen LogP contribution in [0.5, 0.6) is 0 Å². The first-order valence-electron chi connectivity index (χ1n) is 7.21. The number of rotatable bonds is 3. The van der Waals surface area contributed by atoms with Gasteiger partial charge in [0.25, 0.3) is 0 Å². The zero-order valence-corrected chi connectivity index (χ0v) is 13.0. The standard InChI is InChI=1S/C18H17ClN2/c1-3-6-16-20-17(12(2)18(19)21-16)15-10-9-13-7-4-5-8-14(13)11-15/h4-5,7-11H,3,6H2,1-2H3. The van der Waals surface area contributed by atoms with Crippen LogP contribution in [0.3, 0.4) is 0 Å². The Labute approximate surface area is 129 Å². The third-order valence-corrected chi connectivity index (χ3v) is 4.00. The van der Waals surface area contributed by atoms with E-state index < -0.39 is 0 Å². The molecule has 0 aliphatic carbocycles. The van der Waals surface area contributed by atoms with Gasteiger partial charge in [0, 0.05) is 17.5 Å². The Morgan fingerprint density at radius 3 is 2.52 bits per heavy atom. The van der Waals surface area contributed by atoms with E-state index in [1.54, 1.807) is 0 Å². The van der Waals surface area contributed by atoms with Crippen molar-refractivity contribution < 1.29 is 0 Å². The fourth-order valence-electron chi connectivity index (χ4n) is 2.49. The lowest BCUT2D eigenvalue weighted by atomic mass is 10.0. The molecule has 0 saturated carbocycles. The highest BCUT2D eigenvalue weighted by atomic mass is 35.5. The highest BCUT2D eigenvalue weighted by Crippen LogP contribution is 2.28. The molecule has 0 aliphatic rings. The fraction of sp³-hybridized carbons (Fsp3) is 0.222. The van der Waals surface area contributed by atoms with Crippen molar-refractivity contribution in [2.75, 3.05) is 0 Å². The summed E-state index contributed by atoms with van der Waals surface area (Å²) in [5.74, 6) is 0.816. The molecule has 21 heavy (non-hydrogen) atoms. The van der Waals surface area contributed by atoms with Gasteiger partial charge in [0.1, 0.15) is 11.0 Å². The molecule has 1 heterocycles. The molecule has 0 N–H and O–H groups in total. The van der Waals surface area contributed by atoms with Gasteiger partial charge >= 0.3 is 0 Å². The molecule has 3 aromatic rings. The Morgan fingerprint density at radius 2 is 1.76 bits per heavy atom. The first kappa shape index (κ1) is 14.0. The zero-order chi connectivity index (χ0) is 14.8. The van der Waals surface area contributed by atoms with Crippen LogP contribution >= 0.6 is 11.6 Å². The van der Waals surface area contributed by atoms with E-state index in [1.807, 2.05) is 13.0 Å². The van der Waals surface area contributed by atoms with E-state index in [-0.39, 0.29) is 0 Å². The molecule has 0 atom stereocenters. The normalized spacial score (nSPS) is 11.0. The van der Waals surface area contributed by atoms with E-state index in [4.69, 9.17) is 16.6 Å². The van der Waals surface area contributed by atoms with Crippen LogP contribution in [-0.4, -0.2) is 9.97 Å². The average molecular weight is 297 g/mol. The first-order chi connectivity index (χ1) is 10.2. The molecule has 106 valence electrons. The van der Waals surface area contributed by atoms with E-state index in [0.29, 0.717) is 5.15 Å². The lowest BCUT2D eigenvalue weighted by Crippen LogP contribution is -2.00. The second kappa shape index (κ2) is 5.82. The van der Waals surface area contributed by atoms with Gasteiger partial charge in [0.15, 0.2) is 0 Å². The van der Waals surface area contributed by atoms with Crippen LogP contribution in [-0.2, 0) is 6.42 Å². The maximum Gasteiger partial charge on any atom is 0.136 e. The SMILES string of the molecule is CCCc1nc(Cl)c(C)c(-c2ccc3ccccc3c2)n1. The zero-order valence-electron chi connectivity index (χ0n) is 12.2. The van der Waals surface area contributed by atoms with Gasteiger partial charge in [-0.3, -0.25) is 0 Å². The first-order valence-corrected chi connectivity index (χ1v) is 7.59. The van der Waals surface area contributed by atoms with Crippen LogP contribution in [0.25, 0.3) is 22.0 Å². The Bertz CT molecular complexity index is 796. The molecule has 2 nitrogen and oxygen atoms in total. The predicted molar refractivity (Wildman–Crippen MR) is 88.7 cm³/mol. The monoisotopic (exact) mass is 296 g/mol. The molecular weight excluding hydrogens is 280 g/mol. The van der Waals surface area contributed by atoms with Crippen LogP contribution in [0.1, 0.15) is 24.7 Å². The van der Waals surface area contributed by atoms with Gasteiger partial charge in [0.2, 0.25) is 0 Å². The van der Waals surface area contributed by atoms with Crippen molar-refractivity contribution in [1.29, 1.82) is 0 Å². The second-order valence-corrected chi connectivity index (χ2v) is 5.57. The number of benzene rings is 2. The van der Waals surface area contributed by atoms with Crippen LogP contribution in [0.4, 0.5) is 0 Å². The third-order valence-electron chi connectivity index (χ3n) is 3.63. The van der Waals surface area contributed by atoms with Gasteiger partial charge in [-0.15, -0.1) is 0 Å². The Morgan fingerprint density at radius 1 is 1.00 bits per heavy atom.